The minimum absolute atomic E-state index is 0.00957. The minimum Gasteiger partial charge on any atom is -0.485 e. The van der Waals surface area contributed by atoms with E-state index in [9.17, 15) is 4.79 Å². The van der Waals surface area contributed by atoms with Crippen LogP contribution in [0.25, 0.3) is 0 Å². The largest absolute Gasteiger partial charge is 0.485 e. The topological polar surface area (TPSA) is 68.0 Å². The summed E-state index contributed by atoms with van der Waals surface area (Å²) in [4.78, 5) is 16.8. The standard InChI is InChI=1S/C18H21N3O4/c1-13-10-14(25-19-13)11-20-6-8-21(9-7-20)18(22)17-12-23-15-4-2-3-5-16(15)24-17/h2-5,10,17H,6-9,11-12H2,1H3. The number of amides is 1. The zero-order valence-electron chi connectivity index (χ0n) is 14.2. The van der Waals surface area contributed by atoms with Crippen LogP contribution in [0.5, 0.6) is 11.5 Å². The summed E-state index contributed by atoms with van der Waals surface area (Å²) in [5.74, 6) is 2.17. The summed E-state index contributed by atoms with van der Waals surface area (Å²) >= 11 is 0. The Morgan fingerprint density at radius 3 is 2.68 bits per heavy atom. The number of nitrogens with zero attached hydrogens (tertiary/aromatic N) is 3. The number of carbonyl (C=O) groups excluding carboxylic acids is 1. The predicted molar refractivity (Wildman–Crippen MR) is 89.5 cm³/mol. The van der Waals surface area contributed by atoms with Gasteiger partial charge in [-0.15, -0.1) is 0 Å². The number of aryl methyl sites for hydroxylation is 1. The molecular weight excluding hydrogens is 322 g/mol. The molecule has 0 aliphatic carbocycles. The van der Waals surface area contributed by atoms with Crippen molar-refractivity contribution in [1.82, 2.24) is 15.0 Å². The maximum Gasteiger partial charge on any atom is 0.267 e. The SMILES string of the molecule is Cc1cc(CN2CCN(C(=O)C3COc4ccccc4O3)CC2)on1. The van der Waals surface area contributed by atoms with Gasteiger partial charge < -0.3 is 18.9 Å². The van der Waals surface area contributed by atoms with E-state index in [1.54, 1.807) is 0 Å². The van der Waals surface area contributed by atoms with Crippen molar-refractivity contribution in [2.75, 3.05) is 32.8 Å². The lowest BCUT2D eigenvalue weighted by molar-refractivity contribution is -0.143. The van der Waals surface area contributed by atoms with Gasteiger partial charge in [0, 0.05) is 32.2 Å². The summed E-state index contributed by atoms with van der Waals surface area (Å²) in [6.45, 7) is 5.84. The molecule has 1 fully saturated rings. The smallest absolute Gasteiger partial charge is 0.267 e. The third-order valence-corrected chi connectivity index (χ3v) is 4.52. The van der Waals surface area contributed by atoms with Crippen molar-refractivity contribution in [3.63, 3.8) is 0 Å². The summed E-state index contributed by atoms with van der Waals surface area (Å²) < 4.78 is 16.7. The summed E-state index contributed by atoms with van der Waals surface area (Å²) in [5, 5.41) is 3.91. The second-order valence-corrected chi connectivity index (χ2v) is 6.40. The molecule has 1 atom stereocenters. The van der Waals surface area contributed by atoms with Crippen LogP contribution in [-0.2, 0) is 11.3 Å². The number of fused-ring (bicyclic) bond motifs is 1. The molecule has 2 aromatic rings. The Balaban J connectivity index is 1.31. The molecule has 2 aliphatic rings. The first kappa shape index (κ1) is 16.0. The Kier molecular flexibility index (Phi) is 4.31. The average molecular weight is 343 g/mol. The van der Waals surface area contributed by atoms with Gasteiger partial charge in [-0.3, -0.25) is 9.69 Å². The molecule has 2 aliphatic heterocycles. The second kappa shape index (κ2) is 6.76. The van der Waals surface area contributed by atoms with Crippen molar-refractivity contribution < 1.29 is 18.8 Å². The van der Waals surface area contributed by atoms with E-state index in [4.69, 9.17) is 14.0 Å². The Morgan fingerprint density at radius 1 is 1.20 bits per heavy atom. The summed E-state index contributed by atoms with van der Waals surface area (Å²) in [7, 11) is 0. The molecule has 7 nitrogen and oxygen atoms in total. The normalized spacial score (nSPS) is 20.5. The lowest BCUT2D eigenvalue weighted by Gasteiger charge is -2.36. The van der Waals surface area contributed by atoms with Crippen LogP contribution in [0.15, 0.2) is 34.9 Å². The Morgan fingerprint density at radius 2 is 1.96 bits per heavy atom. The molecule has 0 saturated carbocycles. The van der Waals surface area contributed by atoms with Crippen LogP contribution in [0.3, 0.4) is 0 Å². The van der Waals surface area contributed by atoms with E-state index < -0.39 is 6.10 Å². The third kappa shape index (κ3) is 3.46. The number of carbonyl (C=O) groups is 1. The van der Waals surface area contributed by atoms with Crippen LogP contribution in [-0.4, -0.2) is 59.8 Å². The van der Waals surface area contributed by atoms with E-state index in [1.165, 1.54) is 0 Å². The number of para-hydroxylation sites is 2. The first-order valence-corrected chi connectivity index (χ1v) is 8.51. The maximum absolute atomic E-state index is 12.7. The fourth-order valence-electron chi connectivity index (χ4n) is 3.18. The van der Waals surface area contributed by atoms with E-state index >= 15 is 0 Å². The Labute approximate surface area is 146 Å². The van der Waals surface area contributed by atoms with Gasteiger partial charge in [-0.2, -0.15) is 0 Å². The maximum atomic E-state index is 12.7. The van der Waals surface area contributed by atoms with E-state index in [0.717, 1.165) is 31.1 Å². The number of aromatic nitrogens is 1. The van der Waals surface area contributed by atoms with Crippen LogP contribution in [0, 0.1) is 6.92 Å². The van der Waals surface area contributed by atoms with Crippen molar-refractivity contribution in [3.05, 3.63) is 41.8 Å². The zero-order valence-corrected chi connectivity index (χ0v) is 14.2. The first-order valence-electron chi connectivity index (χ1n) is 8.51. The second-order valence-electron chi connectivity index (χ2n) is 6.40. The van der Waals surface area contributed by atoms with Gasteiger partial charge in [0.25, 0.3) is 5.91 Å². The molecule has 132 valence electrons. The van der Waals surface area contributed by atoms with Gasteiger partial charge in [0.2, 0.25) is 6.10 Å². The van der Waals surface area contributed by atoms with Gasteiger partial charge >= 0.3 is 0 Å². The Hall–Kier alpha value is -2.54. The van der Waals surface area contributed by atoms with Gasteiger partial charge in [0.1, 0.15) is 6.61 Å². The van der Waals surface area contributed by atoms with Gasteiger partial charge in [-0.05, 0) is 19.1 Å². The van der Waals surface area contributed by atoms with E-state index in [2.05, 4.69) is 10.1 Å². The van der Waals surface area contributed by atoms with Crippen LogP contribution in [0.4, 0.5) is 0 Å². The third-order valence-electron chi connectivity index (χ3n) is 4.52. The molecule has 1 amide bonds. The number of hydrogen-bond acceptors (Lipinski definition) is 6. The quantitative estimate of drug-likeness (QED) is 0.841. The summed E-state index contributed by atoms with van der Waals surface area (Å²) in [5.41, 5.74) is 0.888. The monoisotopic (exact) mass is 343 g/mol. The number of benzene rings is 1. The van der Waals surface area contributed by atoms with Crippen molar-refractivity contribution >= 4 is 5.91 Å². The van der Waals surface area contributed by atoms with Crippen LogP contribution >= 0.6 is 0 Å². The van der Waals surface area contributed by atoms with Gasteiger partial charge in [0.15, 0.2) is 17.3 Å². The highest BCUT2D eigenvalue weighted by Crippen LogP contribution is 2.31. The highest BCUT2D eigenvalue weighted by molar-refractivity contribution is 5.82. The molecule has 4 rings (SSSR count). The van der Waals surface area contributed by atoms with E-state index in [-0.39, 0.29) is 12.5 Å². The predicted octanol–water partition coefficient (Wildman–Crippen LogP) is 1.47. The molecule has 1 unspecified atom stereocenters. The van der Waals surface area contributed by atoms with Crippen molar-refractivity contribution in [1.29, 1.82) is 0 Å². The van der Waals surface area contributed by atoms with Crippen LogP contribution in [0.1, 0.15) is 11.5 Å². The molecule has 1 aromatic heterocycles. The number of piperazine rings is 1. The molecule has 1 aromatic carbocycles. The highest BCUT2D eigenvalue weighted by atomic mass is 16.6. The Bertz CT molecular complexity index is 752. The van der Waals surface area contributed by atoms with Crippen molar-refractivity contribution in [2.45, 2.75) is 19.6 Å². The van der Waals surface area contributed by atoms with Gasteiger partial charge in [-0.1, -0.05) is 17.3 Å². The van der Waals surface area contributed by atoms with Gasteiger partial charge in [0.05, 0.1) is 12.2 Å². The molecule has 3 heterocycles. The van der Waals surface area contributed by atoms with Crippen molar-refractivity contribution in [2.24, 2.45) is 0 Å². The average Bonchev–Trinajstić information content (AvgIpc) is 3.06. The molecule has 7 heteroatoms. The molecule has 1 saturated heterocycles. The molecule has 0 N–H and O–H groups in total. The molecule has 25 heavy (non-hydrogen) atoms. The van der Waals surface area contributed by atoms with Crippen LogP contribution in [0.2, 0.25) is 0 Å². The lowest BCUT2D eigenvalue weighted by atomic mass is 10.2. The van der Waals surface area contributed by atoms with Crippen LogP contribution < -0.4 is 9.47 Å². The fourth-order valence-corrected chi connectivity index (χ4v) is 3.18. The number of hydrogen-bond donors (Lipinski definition) is 0. The zero-order chi connectivity index (χ0) is 17.2. The van der Waals surface area contributed by atoms with Gasteiger partial charge in [-0.25, -0.2) is 0 Å². The fraction of sp³-hybridized carbons (Fsp3) is 0.444. The summed E-state index contributed by atoms with van der Waals surface area (Å²) in [6.07, 6.45) is -0.571. The number of rotatable bonds is 3. The minimum atomic E-state index is -0.571. The number of ether oxygens (including phenoxy) is 2. The van der Waals surface area contributed by atoms with E-state index in [0.29, 0.717) is 24.6 Å². The highest BCUT2D eigenvalue weighted by Gasteiger charge is 2.32. The van der Waals surface area contributed by atoms with E-state index in [1.807, 2.05) is 42.2 Å². The molecule has 0 radical (unpaired) electrons. The first-order chi connectivity index (χ1) is 12.2. The molecule has 0 spiro atoms. The molecule has 0 bridgehead atoms. The lowest BCUT2D eigenvalue weighted by Crippen LogP contribution is -2.53. The van der Waals surface area contributed by atoms with Crippen molar-refractivity contribution in [3.8, 4) is 11.5 Å². The molecular formula is C18H21N3O4. The summed E-state index contributed by atoms with van der Waals surface area (Å²) in [6, 6.07) is 9.38.